The summed E-state index contributed by atoms with van der Waals surface area (Å²) in [6, 6.07) is 10.6. The molecule has 8 heteroatoms. The van der Waals surface area contributed by atoms with Gasteiger partial charge in [0, 0.05) is 34.7 Å². The zero-order valence-corrected chi connectivity index (χ0v) is 20.2. The van der Waals surface area contributed by atoms with Crippen molar-refractivity contribution in [1.29, 1.82) is 0 Å². The van der Waals surface area contributed by atoms with Crippen LogP contribution in [0.15, 0.2) is 47.5 Å². The average molecular weight is 479 g/mol. The maximum absolute atomic E-state index is 13.8. The molecule has 0 amide bonds. The highest BCUT2D eigenvalue weighted by Crippen LogP contribution is 2.49. The molecule has 1 fully saturated rings. The number of carbonyl (C=O) groups excluding carboxylic acids is 2. The fourth-order valence-electron chi connectivity index (χ4n) is 4.66. The number of hydrogen-bond donors (Lipinski definition) is 0. The first-order valence-corrected chi connectivity index (χ1v) is 12.4. The van der Waals surface area contributed by atoms with Crippen molar-refractivity contribution in [2.24, 2.45) is 0 Å². The number of ketones is 1. The van der Waals surface area contributed by atoms with Crippen molar-refractivity contribution < 1.29 is 23.8 Å². The number of thioether (sulfide) groups is 1. The molecule has 2 aromatic carbocycles. The van der Waals surface area contributed by atoms with Gasteiger partial charge in [-0.1, -0.05) is 18.2 Å². The van der Waals surface area contributed by atoms with Gasteiger partial charge in [-0.3, -0.25) is 4.79 Å². The molecule has 0 saturated carbocycles. The van der Waals surface area contributed by atoms with Gasteiger partial charge in [0.25, 0.3) is 0 Å². The van der Waals surface area contributed by atoms with E-state index < -0.39 is 11.8 Å². The third-order valence-corrected chi connectivity index (χ3v) is 7.54. The second kappa shape index (κ2) is 9.02. The molecule has 2 aliphatic rings. The molecule has 1 saturated heterocycles. The highest BCUT2D eigenvalue weighted by atomic mass is 32.2. The van der Waals surface area contributed by atoms with Crippen molar-refractivity contribution in [3.63, 3.8) is 0 Å². The van der Waals surface area contributed by atoms with Crippen LogP contribution < -0.4 is 4.74 Å². The number of nitrogens with zero attached hydrogens (tertiary/aromatic N) is 2. The lowest BCUT2D eigenvalue weighted by molar-refractivity contribution is -0.170. The number of benzene rings is 2. The van der Waals surface area contributed by atoms with Crippen LogP contribution in [-0.4, -0.2) is 40.5 Å². The molecule has 1 spiro atoms. The summed E-state index contributed by atoms with van der Waals surface area (Å²) in [6.07, 6.45) is 2.21. The molecule has 7 nitrogen and oxygen atoms in total. The molecular weight excluding hydrogens is 452 g/mol. The SMILES string of the molecule is CCn1ncc(C(=O)c2cc(C)c3c(c2C)C2(CCS3)OCCO2)c1OC(=O)c1ccccc1. The first-order valence-electron chi connectivity index (χ1n) is 11.4. The lowest BCUT2D eigenvalue weighted by Crippen LogP contribution is -2.33. The number of ether oxygens (including phenoxy) is 3. The van der Waals surface area contributed by atoms with Gasteiger partial charge in [0.1, 0.15) is 5.56 Å². The van der Waals surface area contributed by atoms with Crippen LogP contribution in [0.2, 0.25) is 0 Å². The summed E-state index contributed by atoms with van der Waals surface area (Å²) in [5, 5.41) is 4.30. The Morgan fingerprint density at radius 2 is 1.88 bits per heavy atom. The van der Waals surface area contributed by atoms with E-state index >= 15 is 0 Å². The van der Waals surface area contributed by atoms with E-state index in [2.05, 4.69) is 5.10 Å². The minimum Gasteiger partial charge on any atom is -0.403 e. The Kier molecular flexibility index (Phi) is 6.06. The molecule has 0 radical (unpaired) electrons. The van der Waals surface area contributed by atoms with Gasteiger partial charge in [-0.25, -0.2) is 9.48 Å². The zero-order chi connectivity index (χ0) is 23.9. The maximum atomic E-state index is 13.8. The lowest BCUT2D eigenvalue weighted by Gasteiger charge is -2.36. The fourth-order valence-corrected chi connectivity index (χ4v) is 5.97. The van der Waals surface area contributed by atoms with Crippen molar-refractivity contribution in [3.8, 4) is 5.88 Å². The van der Waals surface area contributed by atoms with E-state index in [1.807, 2.05) is 32.9 Å². The van der Waals surface area contributed by atoms with Crippen molar-refractivity contribution in [2.75, 3.05) is 19.0 Å². The predicted molar refractivity (Wildman–Crippen MR) is 128 cm³/mol. The summed E-state index contributed by atoms with van der Waals surface area (Å²) >= 11 is 1.77. The van der Waals surface area contributed by atoms with Crippen LogP contribution in [-0.2, 0) is 21.8 Å². The van der Waals surface area contributed by atoms with Gasteiger partial charge in [0.05, 0.1) is 25.0 Å². The number of hydrogen-bond acceptors (Lipinski definition) is 7. The molecule has 0 N–H and O–H groups in total. The topological polar surface area (TPSA) is 79.7 Å². The highest BCUT2D eigenvalue weighted by molar-refractivity contribution is 7.99. The standard InChI is InChI=1S/C26H26N2O5S/c1-4-28-24(33-25(30)18-8-6-5-7-9-18)20(15-27-28)22(29)19-14-16(2)23-21(17(19)3)26(10-13-34-23)31-11-12-32-26/h5-9,14-15H,4,10-13H2,1-3H3. The Morgan fingerprint density at radius 1 is 1.15 bits per heavy atom. The quantitative estimate of drug-likeness (QED) is 0.390. The minimum atomic E-state index is -0.804. The van der Waals surface area contributed by atoms with Gasteiger partial charge >= 0.3 is 5.97 Å². The second-order valence-electron chi connectivity index (χ2n) is 8.38. The van der Waals surface area contributed by atoms with Crippen molar-refractivity contribution in [1.82, 2.24) is 9.78 Å². The molecule has 3 heterocycles. The molecule has 176 valence electrons. The van der Waals surface area contributed by atoms with Crippen molar-refractivity contribution in [2.45, 2.75) is 44.4 Å². The van der Waals surface area contributed by atoms with Gasteiger partial charge in [-0.15, -0.1) is 11.8 Å². The van der Waals surface area contributed by atoms with Crippen molar-refractivity contribution >= 4 is 23.5 Å². The molecule has 0 aliphatic carbocycles. The molecule has 3 aromatic rings. The summed E-state index contributed by atoms with van der Waals surface area (Å²) in [5.41, 5.74) is 3.95. The van der Waals surface area contributed by atoms with E-state index in [0.717, 1.165) is 33.8 Å². The van der Waals surface area contributed by atoms with E-state index in [1.165, 1.54) is 10.9 Å². The summed E-state index contributed by atoms with van der Waals surface area (Å²) in [5.74, 6) is -0.548. The highest BCUT2D eigenvalue weighted by Gasteiger charge is 2.45. The Balaban J connectivity index is 1.57. The van der Waals surface area contributed by atoms with Gasteiger partial charge in [-0.05, 0) is 50.1 Å². The van der Waals surface area contributed by atoms with Gasteiger partial charge in [-0.2, -0.15) is 5.10 Å². The van der Waals surface area contributed by atoms with E-state index in [1.54, 1.807) is 36.0 Å². The summed E-state index contributed by atoms with van der Waals surface area (Å²) in [6.45, 7) is 7.33. The first-order chi connectivity index (χ1) is 16.4. The van der Waals surface area contributed by atoms with E-state index in [9.17, 15) is 9.59 Å². The Labute approximate surface area is 202 Å². The van der Waals surface area contributed by atoms with Crippen molar-refractivity contribution in [3.05, 3.63) is 76.0 Å². The number of fused-ring (bicyclic) bond motifs is 2. The smallest absolute Gasteiger partial charge is 0.344 e. The number of carbonyl (C=O) groups is 2. The maximum Gasteiger partial charge on any atom is 0.344 e. The van der Waals surface area contributed by atoms with Gasteiger partial charge in [0.2, 0.25) is 5.88 Å². The van der Waals surface area contributed by atoms with E-state index in [0.29, 0.717) is 30.9 Å². The van der Waals surface area contributed by atoms with Gasteiger partial charge < -0.3 is 14.2 Å². The molecule has 0 bridgehead atoms. The summed E-state index contributed by atoms with van der Waals surface area (Å²) < 4.78 is 19.4. The molecule has 0 atom stereocenters. The normalized spacial score (nSPS) is 16.4. The number of aryl methyl sites for hydroxylation is 2. The number of rotatable bonds is 5. The largest absolute Gasteiger partial charge is 0.403 e. The molecule has 34 heavy (non-hydrogen) atoms. The lowest BCUT2D eigenvalue weighted by atomic mass is 9.89. The van der Waals surface area contributed by atoms with Crippen LogP contribution in [0.1, 0.15) is 56.3 Å². The summed E-state index contributed by atoms with van der Waals surface area (Å²) in [4.78, 5) is 27.7. The molecular formula is C26H26N2O5S. The van der Waals surface area contributed by atoms with Crippen LogP contribution in [0.3, 0.4) is 0 Å². The number of esters is 1. The van der Waals surface area contributed by atoms with E-state index in [-0.39, 0.29) is 17.2 Å². The van der Waals surface area contributed by atoms with E-state index in [4.69, 9.17) is 14.2 Å². The van der Waals surface area contributed by atoms with Crippen LogP contribution in [0, 0.1) is 13.8 Å². The minimum absolute atomic E-state index is 0.147. The zero-order valence-electron chi connectivity index (χ0n) is 19.4. The van der Waals surface area contributed by atoms with Crippen LogP contribution in [0.5, 0.6) is 5.88 Å². The second-order valence-corrected chi connectivity index (χ2v) is 9.49. The molecule has 1 aromatic heterocycles. The monoisotopic (exact) mass is 478 g/mol. The summed E-state index contributed by atoms with van der Waals surface area (Å²) in [7, 11) is 0. The predicted octanol–water partition coefficient (Wildman–Crippen LogP) is 4.67. The third-order valence-electron chi connectivity index (χ3n) is 6.32. The Bertz CT molecular complexity index is 1260. The van der Waals surface area contributed by atoms with Crippen LogP contribution in [0.25, 0.3) is 0 Å². The van der Waals surface area contributed by atoms with Crippen LogP contribution in [0.4, 0.5) is 0 Å². The third kappa shape index (κ3) is 3.76. The fraction of sp³-hybridized carbons (Fsp3) is 0.346. The van der Waals surface area contributed by atoms with Gasteiger partial charge in [0.15, 0.2) is 11.6 Å². The molecule has 2 aliphatic heterocycles. The van der Waals surface area contributed by atoms with Crippen LogP contribution >= 0.6 is 11.8 Å². The molecule has 0 unspecified atom stereocenters. The Hall–Kier alpha value is -2.94. The molecule has 5 rings (SSSR count). The Morgan fingerprint density at radius 3 is 2.59 bits per heavy atom. The number of aromatic nitrogens is 2. The average Bonchev–Trinajstić information content (AvgIpc) is 3.48. The first kappa shape index (κ1) is 22.8.